The second-order valence-electron chi connectivity index (χ2n) is 8.61. The van der Waals surface area contributed by atoms with E-state index < -0.39 is 28.5 Å². The van der Waals surface area contributed by atoms with Crippen LogP contribution in [-0.2, 0) is 26.2 Å². The Morgan fingerprint density at radius 2 is 1.42 bits per heavy atom. The number of anilines is 1. The second-order valence-corrected chi connectivity index (χ2v) is 10.9. The van der Waals surface area contributed by atoms with Crippen LogP contribution in [0.3, 0.4) is 0 Å². The first-order chi connectivity index (χ1) is 17.1. The van der Waals surface area contributed by atoms with Gasteiger partial charge in [-0.05, 0) is 56.7 Å². The van der Waals surface area contributed by atoms with Crippen LogP contribution in [0, 0.1) is 0 Å². The molecule has 0 aliphatic carbocycles. The first-order valence-electron chi connectivity index (χ1n) is 11.6. The summed E-state index contributed by atoms with van der Waals surface area (Å²) in [6.07, 6.45) is 0. The summed E-state index contributed by atoms with van der Waals surface area (Å²) in [5.41, 5.74) is 0.987. The number of hydrogen-bond acceptors (Lipinski definition) is 4. The average Bonchev–Trinajstić information content (AvgIpc) is 2.86. The molecule has 0 bridgehead atoms. The van der Waals surface area contributed by atoms with Gasteiger partial charge in [0.15, 0.2) is 0 Å². The second kappa shape index (κ2) is 12.1. The predicted octanol–water partition coefficient (Wildman–Crippen LogP) is 4.48. The molecule has 9 heteroatoms. The minimum atomic E-state index is -4.07. The summed E-state index contributed by atoms with van der Waals surface area (Å²) in [6, 6.07) is 22.4. The van der Waals surface area contributed by atoms with Gasteiger partial charge in [-0.2, -0.15) is 0 Å². The fraction of sp³-hybridized carbons (Fsp3) is 0.259. The molecule has 2 amide bonds. The minimum absolute atomic E-state index is 0.0409. The van der Waals surface area contributed by atoms with Crippen molar-refractivity contribution in [2.75, 3.05) is 10.8 Å². The van der Waals surface area contributed by atoms with Crippen molar-refractivity contribution < 1.29 is 18.0 Å². The van der Waals surface area contributed by atoms with Crippen LogP contribution < -0.4 is 9.62 Å². The molecule has 0 saturated carbocycles. The summed E-state index contributed by atoms with van der Waals surface area (Å²) in [7, 11) is -4.07. The van der Waals surface area contributed by atoms with Gasteiger partial charge in [-0.15, -0.1) is 0 Å². The van der Waals surface area contributed by atoms with Crippen LogP contribution >= 0.6 is 11.6 Å². The van der Waals surface area contributed by atoms with Crippen LogP contribution in [0.4, 0.5) is 5.69 Å². The first kappa shape index (κ1) is 27.2. The molecule has 0 saturated heterocycles. The van der Waals surface area contributed by atoms with Crippen molar-refractivity contribution in [1.29, 1.82) is 0 Å². The Morgan fingerprint density at radius 3 is 2.00 bits per heavy atom. The highest BCUT2D eigenvalue weighted by atomic mass is 35.5. The molecular weight excluding hydrogens is 498 g/mol. The van der Waals surface area contributed by atoms with E-state index in [2.05, 4.69) is 5.32 Å². The van der Waals surface area contributed by atoms with Crippen molar-refractivity contribution in [3.8, 4) is 0 Å². The number of nitrogens with zero attached hydrogens (tertiary/aromatic N) is 2. The van der Waals surface area contributed by atoms with Gasteiger partial charge in [0.1, 0.15) is 12.6 Å². The zero-order valence-electron chi connectivity index (χ0n) is 20.5. The van der Waals surface area contributed by atoms with Crippen molar-refractivity contribution in [2.45, 2.75) is 44.3 Å². The lowest BCUT2D eigenvalue weighted by Gasteiger charge is -2.32. The number of halogens is 1. The molecule has 0 fully saturated rings. The van der Waals surface area contributed by atoms with E-state index in [4.69, 9.17) is 11.6 Å². The lowest BCUT2D eigenvalue weighted by molar-refractivity contribution is -0.139. The van der Waals surface area contributed by atoms with Gasteiger partial charge >= 0.3 is 0 Å². The summed E-state index contributed by atoms with van der Waals surface area (Å²) in [5.74, 6) is -0.882. The predicted molar refractivity (Wildman–Crippen MR) is 142 cm³/mol. The van der Waals surface area contributed by atoms with E-state index in [0.717, 1.165) is 4.31 Å². The van der Waals surface area contributed by atoms with Crippen LogP contribution in [-0.4, -0.2) is 43.8 Å². The Hall–Kier alpha value is -3.36. The summed E-state index contributed by atoms with van der Waals surface area (Å²) in [5, 5.41) is 3.27. The number of para-hydroxylation sites is 1. The van der Waals surface area contributed by atoms with Crippen molar-refractivity contribution in [3.05, 3.63) is 95.5 Å². The minimum Gasteiger partial charge on any atom is -0.352 e. The Kier molecular flexibility index (Phi) is 9.12. The zero-order chi connectivity index (χ0) is 26.3. The SMILES string of the molecule is CC(C)NC(=O)[C@@H](C)N(Cc1ccccc1Cl)C(=O)CN(c1ccccc1)S(=O)(=O)c1ccccc1. The van der Waals surface area contributed by atoms with Gasteiger partial charge in [0.2, 0.25) is 11.8 Å². The van der Waals surface area contributed by atoms with Gasteiger partial charge in [-0.1, -0.05) is 66.2 Å². The molecule has 0 radical (unpaired) electrons. The number of hydrogen-bond donors (Lipinski definition) is 1. The third kappa shape index (κ3) is 6.65. The monoisotopic (exact) mass is 527 g/mol. The molecule has 0 aliphatic heterocycles. The van der Waals surface area contributed by atoms with E-state index in [1.807, 2.05) is 13.8 Å². The molecule has 1 atom stereocenters. The molecule has 0 unspecified atom stereocenters. The van der Waals surface area contributed by atoms with Crippen LogP contribution in [0.15, 0.2) is 89.8 Å². The number of sulfonamides is 1. The van der Waals surface area contributed by atoms with E-state index in [-0.39, 0.29) is 23.4 Å². The van der Waals surface area contributed by atoms with E-state index >= 15 is 0 Å². The molecular formula is C27H30ClN3O4S. The van der Waals surface area contributed by atoms with Crippen LogP contribution in [0.25, 0.3) is 0 Å². The molecule has 0 spiro atoms. The normalized spacial score (nSPS) is 12.1. The van der Waals surface area contributed by atoms with Crippen molar-refractivity contribution in [3.63, 3.8) is 0 Å². The van der Waals surface area contributed by atoms with Gasteiger partial charge in [-0.25, -0.2) is 8.42 Å². The molecule has 7 nitrogen and oxygen atoms in total. The molecule has 3 aromatic carbocycles. The topological polar surface area (TPSA) is 86.8 Å². The molecule has 3 rings (SSSR count). The molecule has 0 aromatic heterocycles. The molecule has 0 aliphatic rings. The third-order valence-electron chi connectivity index (χ3n) is 5.55. The van der Waals surface area contributed by atoms with Crippen molar-refractivity contribution in [1.82, 2.24) is 10.2 Å². The zero-order valence-corrected chi connectivity index (χ0v) is 22.0. The quantitative estimate of drug-likeness (QED) is 0.421. The number of carbonyl (C=O) groups excluding carboxylic acids is 2. The maximum absolute atomic E-state index is 13.7. The lowest BCUT2D eigenvalue weighted by atomic mass is 10.1. The molecule has 3 aromatic rings. The maximum atomic E-state index is 13.7. The molecule has 0 heterocycles. The Labute approximate surface area is 217 Å². The average molecular weight is 528 g/mol. The fourth-order valence-electron chi connectivity index (χ4n) is 3.64. The standard InChI is InChI=1S/C27H30ClN3O4S/c1-20(2)29-27(33)21(3)30(18-22-12-10-11-17-25(22)28)26(32)19-31(23-13-6-4-7-14-23)36(34,35)24-15-8-5-9-16-24/h4-17,20-21H,18-19H2,1-3H3,(H,29,33)/t21-/m1/s1. The number of carbonyl (C=O) groups is 2. The summed E-state index contributed by atoms with van der Waals surface area (Å²) in [6.45, 7) is 4.82. The van der Waals surface area contributed by atoms with Crippen LogP contribution in [0.5, 0.6) is 0 Å². The van der Waals surface area contributed by atoms with Gasteiger partial charge in [-0.3, -0.25) is 13.9 Å². The van der Waals surface area contributed by atoms with E-state index in [1.54, 1.807) is 79.7 Å². The highest BCUT2D eigenvalue weighted by molar-refractivity contribution is 7.92. The summed E-state index contributed by atoms with van der Waals surface area (Å²) >= 11 is 6.35. The Balaban J connectivity index is 2.00. The van der Waals surface area contributed by atoms with E-state index in [1.165, 1.54) is 17.0 Å². The van der Waals surface area contributed by atoms with E-state index in [9.17, 15) is 18.0 Å². The summed E-state index contributed by atoms with van der Waals surface area (Å²) in [4.78, 5) is 28.0. The Bertz CT molecular complexity index is 1280. The fourth-order valence-corrected chi connectivity index (χ4v) is 5.27. The third-order valence-corrected chi connectivity index (χ3v) is 7.71. The molecule has 1 N–H and O–H groups in total. The van der Waals surface area contributed by atoms with E-state index in [0.29, 0.717) is 16.3 Å². The smallest absolute Gasteiger partial charge is 0.264 e. The largest absolute Gasteiger partial charge is 0.352 e. The molecule has 190 valence electrons. The van der Waals surface area contributed by atoms with Gasteiger partial charge in [0.25, 0.3) is 10.0 Å². The van der Waals surface area contributed by atoms with Crippen LogP contribution in [0.1, 0.15) is 26.3 Å². The molecule has 36 heavy (non-hydrogen) atoms. The number of rotatable bonds is 10. The van der Waals surface area contributed by atoms with Crippen molar-refractivity contribution >= 4 is 39.1 Å². The van der Waals surface area contributed by atoms with Crippen LogP contribution in [0.2, 0.25) is 5.02 Å². The maximum Gasteiger partial charge on any atom is 0.264 e. The number of benzene rings is 3. The highest BCUT2D eigenvalue weighted by Gasteiger charge is 2.32. The number of amides is 2. The van der Waals surface area contributed by atoms with Crippen molar-refractivity contribution in [2.24, 2.45) is 0 Å². The lowest BCUT2D eigenvalue weighted by Crippen LogP contribution is -2.52. The summed E-state index contributed by atoms with van der Waals surface area (Å²) < 4.78 is 28.3. The van der Waals surface area contributed by atoms with Gasteiger partial charge in [0.05, 0.1) is 10.6 Å². The van der Waals surface area contributed by atoms with Gasteiger partial charge < -0.3 is 10.2 Å². The Morgan fingerprint density at radius 1 is 0.861 bits per heavy atom. The first-order valence-corrected chi connectivity index (χ1v) is 13.4. The van der Waals surface area contributed by atoms with Gasteiger partial charge in [0, 0.05) is 17.6 Å². The highest BCUT2D eigenvalue weighted by Crippen LogP contribution is 2.25. The number of nitrogens with one attached hydrogen (secondary N) is 1.